The Balaban J connectivity index is 1.68. The molecule has 0 saturated carbocycles. The van der Waals surface area contributed by atoms with Gasteiger partial charge in [0.15, 0.2) is 0 Å². The van der Waals surface area contributed by atoms with Gasteiger partial charge in [-0.1, -0.05) is 35.9 Å². The predicted molar refractivity (Wildman–Crippen MR) is 108 cm³/mol. The van der Waals surface area contributed by atoms with Crippen molar-refractivity contribution in [2.45, 2.75) is 49.5 Å². The molecule has 2 aromatic rings. The van der Waals surface area contributed by atoms with Crippen molar-refractivity contribution in [2.24, 2.45) is 0 Å². The van der Waals surface area contributed by atoms with E-state index >= 15 is 0 Å². The average molecular weight is 437 g/mol. The van der Waals surface area contributed by atoms with E-state index in [2.05, 4.69) is 6.07 Å². The standard InChI is InChI=1S/C22H25ClO7/c1-21(19(26)18(25)20(27)22(28,11-24)30-21)15-3-4-16(23)14(10-15)9-12-2-5-17-13(8-12)6-7-29-17/h2-5,8,10,18-20,24-28H,6-7,9,11H2,1H3/t18-,19-,20+,21+,22?/m1/s1. The molecule has 2 aliphatic heterocycles. The molecule has 8 heteroatoms. The summed E-state index contributed by atoms with van der Waals surface area (Å²) in [6.07, 6.45) is -3.77. The van der Waals surface area contributed by atoms with E-state index in [0.717, 1.165) is 28.9 Å². The van der Waals surface area contributed by atoms with Crippen LogP contribution in [0.5, 0.6) is 5.75 Å². The van der Waals surface area contributed by atoms with Gasteiger partial charge in [0.25, 0.3) is 0 Å². The number of aliphatic hydroxyl groups excluding tert-OH is 4. The third-order valence-electron chi connectivity index (χ3n) is 6.06. The quantitative estimate of drug-likeness (QED) is 0.482. The van der Waals surface area contributed by atoms with Gasteiger partial charge in [0.2, 0.25) is 5.79 Å². The van der Waals surface area contributed by atoms with E-state index in [1.165, 1.54) is 6.92 Å². The summed E-state index contributed by atoms with van der Waals surface area (Å²) in [5.41, 5.74) is 1.79. The SMILES string of the molecule is C[C@@]1(c2ccc(Cl)c(Cc3ccc4c(c3)CCO4)c2)OC(O)(CO)[C@@H](O)[C@H](O)[C@H]1O. The first kappa shape index (κ1) is 21.5. The monoisotopic (exact) mass is 436 g/mol. The highest BCUT2D eigenvalue weighted by Gasteiger charge is 2.58. The Kier molecular flexibility index (Phi) is 5.57. The Morgan fingerprint density at radius 3 is 2.60 bits per heavy atom. The summed E-state index contributed by atoms with van der Waals surface area (Å²) in [5.74, 6) is -1.53. The zero-order chi connectivity index (χ0) is 21.7. The summed E-state index contributed by atoms with van der Waals surface area (Å²) >= 11 is 6.41. The molecule has 162 valence electrons. The van der Waals surface area contributed by atoms with E-state index in [4.69, 9.17) is 21.1 Å². The van der Waals surface area contributed by atoms with Crippen LogP contribution in [0, 0.1) is 0 Å². The maximum absolute atomic E-state index is 10.6. The molecule has 0 amide bonds. The molecule has 0 aromatic heterocycles. The van der Waals surface area contributed by atoms with Crippen molar-refractivity contribution in [2.75, 3.05) is 13.2 Å². The molecule has 2 heterocycles. The number of ether oxygens (including phenoxy) is 2. The van der Waals surface area contributed by atoms with Gasteiger partial charge in [-0.3, -0.25) is 0 Å². The molecule has 1 saturated heterocycles. The van der Waals surface area contributed by atoms with Gasteiger partial charge in [0, 0.05) is 11.4 Å². The summed E-state index contributed by atoms with van der Waals surface area (Å²) in [7, 11) is 0. The van der Waals surface area contributed by atoms with Crippen molar-refractivity contribution >= 4 is 11.6 Å². The Bertz CT molecular complexity index is 951. The highest BCUT2D eigenvalue weighted by atomic mass is 35.5. The van der Waals surface area contributed by atoms with Gasteiger partial charge in [-0.2, -0.15) is 0 Å². The fraction of sp³-hybridized carbons (Fsp3) is 0.455. The largest absolute Gasteiger partial charge is 0.493 e. The van der Waals surface area contributed by atoms with Gasteiger partial charge in [0.05, 0.1) is 13.2 Å². The van der Waals surface area contributed by atoms with Crippen LogP contribution >= 0.6 is 11.6 Å². The molecule has 1 unspecified atom stereocenters. The Labute approximate surface area is 179 Å². The maximum Gasteiger partial charge on any atom is 0.219 e. The molecule has 2 aliphatic rings. The van der Waals surface area contributed by atoms with Crippen molar-refractivity contribution < 1.29 is 35.0 Å². The predicted octanol–water partition coefficient (Wildman–Crippen LogP) is 0.875. The first-order valence-electron chi connectivity index (χ1n) is 9.79. The molecule has 0 aliphatic carbocycles. The van der Waals surface area contributed by atoms with Crippen LogP contribution in [0.15, 0.2) is 36.4 Å². The average Bonchev–Trinajstić information content (AvgIpc) is 3.20. The number of benzene rings is 2. The normalized spacial score (nSPS) is 33.2. The maximum atomic E-state index is 10.6. The van der Waals surface area contributed by atoms with Crippen molar-refractivity contribution in [1.82, 2.24) is 0 Å². The van der Waals surface area contributed by atoms with E-state index in [0.29, 0.717) is 23.6 Å². The van der Waals surface area contributed by atoms with E-state index in [-0.39, 0.29) is 0 Å². The Hall–Kier alpha value is -1.71. The Morgan fingerprint density at radius 1 is 1.10 bits per heavy atom. The van der Waals surface area contributed by atoms with Crippen LogP contribution in [0.1, 0.15) is 29.2 Å². The van der Waals surface area contributed by atoms with Gasteiger partial charge in [0.1, 0.15) is 29.7 Å². The van der Waals surface area contributed by atoms with Crippen molar-refractivity contribution in [3.05, 3.63) is 63.7 Å². The molecule has 2 aromatic carbocycles. The van der Waals surface area contributed by atoms with Crippen LogP contribution in [0.4, 0.5) is 0 Å². The molecule has 5 atom stereocenters. The molecule has 4 rings (SSSR count). The minimum absolute atomic E-state index is 0.441. The van der Waals surface area contributed by atoms with Gasteiger partial charge in [-0.05, 0) is 47.7 Å². The summed E-state index contributed by atoms with van der Waals surface area (Å²) in [5, 5.41) is 51.4. The topological polar surface area (TPSA) is 120 Å². The second-order valence-electron chi connectivity index (χ2n) is 8.12. The minimum Gasteiger partial charge on any atom is -0.493 e. The van der Waals surface area contributed by atoms with Crippen molar-refractivity contribution in [3.63, 3.8) is 0 Å². The number of hydrogen-bond acceptors (Lipinski definition) is 7. The number of rotatable bonds is 4. The summed E-state index contributed by atoms with van der Waals surface area (Å²) in [6.45, 7) is 1.20. The zero-order valence-corrected chi connectivity index (χ0v) is 17.2. The van der Waals surface area contributed by atoms with Gasteiger partial charge >= 0.3 is 0 Å². The first-order valence-corrected chi connectivity index (χ1v) is 10.2. The van der Waals surface area contributed by atoms with Crippen LogP contribution in [-0.4, -0.2) is 62.8 Å². The molecule has 7 nitrogen and oxygen atoms in total. The van der Waals surface area contributed by atoms with Crippen molar-refractivity contribution in [3.8, 4) is 5.75 Å². The van der Waals surface area contributed by atoms with Gasteiger partial charge < -0.3 is 35.0 Å². The number of hydrogen-bond donors (Lipinski definition) is 5. The van der Waals surface area contributed by atoms with Gasteiger partial charge in [-0.25, -0.2) is 0 Å². The van der Waals surface area contributed by atoms with E-state index < -0.39 is 36.3 Å². The minimum atomic E-state index is -2.42. The van der Waals surface area contributed by atoms with Crippen molar-refractivity contribution in [1.29, 1.82) is 0 Å². The summed E-state index contributed by atoms with van der Waals surface area (Å²) in [4.78, 5) is 0. The molecule has 1 fully saturated rings. The Morgan fingerprint density at radius 2 is 1.87 bits per heavy atom. The number of fused-ring (bicyclic) bond motifs is 1. The summed E-state index contributed by atoms with van der Waals surface area (Å²) in [6, 6.07) is 11.0. The smallest absolute Gasteiger partial charge is 0.219 e. The van der Waals surface area contributed by atoms with E-state index in [1.807, 2.05) is 12.1 Å². The van der Waals surface area contributed by atoms with Gasteiger partial charge in [-0.15, -0.1) is 0 Å². The molecule has 5 N–H and O–H groups in total. The molecule has 0 spiro atoms. The highest BCUT2D eigenvalue weighted by molar-refractivity contribution is 6.31. The molecular weight excluding hydrogens is 412 g/mol. The second kappa shape index (κ2) is 7.76. The van der Waals surface area contributed by atoms with Crippen LogP contribution in [0.3, 0.4) is 0 Å². The number of halogens is 1. The highest BCUT2D eigenvalue weighted by Crippen LogP contribution is 2.42. The zero-order valence-electron chi connectivity index (χ0n) is 16.5. The van der Waals surface area contributed by atoms with E-state index in [9.17, 15) is 25.5 Å². The molecule has 30 heavy (non-hydrogen) atoms. The second-order valence-corrected chi connectivity index (χ2v) is 8.52. The fourth-order valence-corrected chi connectivity index (χ4v) is 4.38. The third-order valence-corrected chi connectivity index (χ3v) is 6.42. The number of aliphatic hydroxyl groups is 5. The van der Waals surface area contributed by atoms with E-state index in [1.54, 1.807) is 18.2 Å². The molecule has 0 radical (unpaired) electrons. The molecule has 0 bridgehead atoms. The third kappa shape index (κ3) is 3.50. The van der Waals surface area contributed by atoms with Crippen LogP contribution < -0.4 is 4.74 Å². The van der Waals surface area contributed by atoms with Crippen LogP contribution in [0.25, 0.3) is 0 Å². The van der Waals surface area contributed by atoms with Crippen LogP contribution in [0.2, 0.25) is 5.02 Å². The molecular formula is C22H25ClO7. The lowest BCUT2D eigenvalue weighted by atomic mass is 9.79. The lowest BCUT2D eigenvalue weighted by molar-refractivity contribution is -0.386. The summed E-state index contributed by atoms with van der Waals surface area (Å²) < 4.78 is 11.1. The van der Waals surface area contributed by atoms with Crippen LogP contribution in [-0.2, 0) is 23.2 Å². The lowest BCUT2D eigenvalue weighted by Gasteiger charge is -2.50. The first-order chi connectivity index (χ1) is 14.2. The fourth-order valence-electron chi connectivity index (χ4n) is 4.20. The lowest BCUT2D eigenvalue weighted by Crippen LogP contribution is -2.68.